The van der Waals surface area contributed by atoms with Crippen molar-refractivity contribution in [2.45, 2.75) is 65.8 Å². The second-order valence-corrected chi connectivity index (χ2v) is 9.84. The van der Waals surface area contributed by atoms with Crippen molar-refractivity contribution in [1.82, 2.24) is 4.90 Å². The summed E-state index contributed by atoms with van der Waals surface area (Å²) in [7, 11) is 0. The van der Waals surface area contributed by atoms with Crippen LogP contribution in [0.3, 0.4) is 0 Å². The zero-order valence-electron chi connectivity index (χ0n) is 21.0. The van der Waals surface area contributed by atoms with Gasteiger partial charge in [0.25, 0.3) is 0 Å². The predicted octanol–water partition coefficient (Wildman–Crippen LogP) is 4.07. The first-order valence-electron chi connectivity index (χ1n) is 11.7. The normalized spacial score (nSPS) is 17.9. The maximum atomic E-state index is 14.5. The molecule has 0 radical (unpaired) electrons. The number of ketones is 1. The SMILES string of the molecule is CCOC(=O)C(CC(=O)C1C[C@H](c2c(F)c(F)cc(F)c2F)CN1C(=O)CC(C)(C)C)C(=O)OCC. The number of amides is 1. The molecule has 11 heteroatoms. The van der Waals surface area contributed by atoms with Crippen molar-refractivity contribution in [3.05, 3.63) is 34.9 Å². The molecule has 0 bridgehead atoms. The monoisotopic (exact) mass is 517 g/mol. The Morgan fingerprint density at radius 2 is 1.47 bits per heavy atom. The lowest BCUT2D eigenvalue weighted by atomic mass is 9.90. The molecule has 0 saturated carbocycles. The number of carbonyl (C=O) groups is 4. The second-order valence-electron chi connectivity index (χ2n) is 9.84. The molecule has 2 rings (SSSR count). The fourth-order valence-corrected chi connectivity index (χ4v) is 4.22. The van der Waals surface area contributed by atoms with Crippen LogP contribution in [0.4, 0.5) is 17.6 Å². The minimum atomic E-state index is -1.61. The summed E-state index contributed by atoms with van der Waals surface area (Å²) >= 11 is 0. The van der Waals surface area contributed by atoms with Gasteiger partial charge in [0, 0.05) is 36.9 Å². The Hall–Kier alpha value is -2.98. The molecule has 0 aromatic heterocycles. The van der Waals surface area contributed by atoms with Gasteiger partial charge in [-0.05, 0) is 25.7 Å². The van der Waals surface area contributed by atoms with Gasteiger partial charge in [-0.2, -0.15) is 0 Å². The third-order valence-corrected chi connectivity index (χ3v) is 5.78. The molecule has 7 nitrogen and oxygen atoms in total. The number of carbonyl (C=O) groups excluding carboxylic acids is 4. The van der Waals surface area contributed by atoms with E-state index in [1.807, 2.05) is 0 Å². The molecule has 2 atom stereocenters. The highest BCUT2D eigenvalue weighted by Crippen LogP contribution is 2.38. The maximum absolute atomic E-state index is 14.5. The fraction of sp³-hybridized carbons (Fsp3) is 0.600. The lowest BCUT2D eigenvalue weighted by molar-refractivity contribution is -0.163. The standard InChI is InChI=1S/C25H31F4NO6/c1-6-35-23(33)14(24(34)36-7-2)9-18(31)17-8-13(12-30(17)19(32)11-25(3,4)5)20-21(28)15(26)10-16(27)22(20)29/h10,13-14,17H,6-9,11-12H2,1-5H3/t13-,17?/m0/s1. The minimum absolute atomic E-state index is 0.0366. The van der Waals surface area contributed by atoms with Crippen molar-refractivity contribution in [1.29, 1.82) is 0 Å². The lowest BCUT2D eigenvalue weighted by Crippen LogP contribution is -2.43. The van der Waals surface area contributed by atoms with Crippen molar-refractivity contribution in [3.63, 3.8) is 0 Å². The first-order chi connectivity index (χ1) is 16.7. The van der Waals surface area contributed by atoms with Gasteiger partial charge in [0.1, 0.15) is 0 Å². The van der Waals surface area contributed by atoms with Crippen LogP contribution in [0.5, 0.6) is 0 Å². The molecule has 1 aromatic rings. The Labute approximate surface area is 207 Å². The number of hydrogen-bond donors (Lipinski definition) is 0. The van der Waals surface area contributed by atoms with Crippen LogP contribution in [-0.2, 0) is 28.7 Å². The summed E-state index contributed by atoms with van der Waals surface area (Å²) < 4.78 is 66.5. The van der Waals surface area contributed by atoms with E-state index < -0.39 is 82.2 Å². The Bertz CT molecular complexity index is 979. The molecule has 1 amide bonds. The van der Waals surface area contributed by atoms with E-state index in [0.717, 1.165) is 4.90 Å². The van der Waals surface area contributed by atoms with Crippen LogP contribution in [0, 0.1) is 34.6 Å². The van der Waals surface area contributed by atoms with Crippen molar-refractivity contribution >= 4 is 23.6 Å². The largest absolute Gasteiger partial charge is 0.465 e. The lowest BCUT2D eigenvalue weighted by Gasteiger charge is -2.28. The van der Waals surface area contributed by atoms with Gasteiger partial charge in [0.2, 0.25) is 5.91 Å². The van der Waals surface area contributed by atoms with Crippen LogP contribution < -0.4 is 0 Å². The molecule has 36 heavy (non-hydrogen) atoms. The number of nitrogens with zero attached hydrogens (tertiary/aromatic N) is 1. The number of ether oxygens (including phenoxy) is 2. The molecule has 1 aliphatic heterocycles. The smallest absolute Gasteiger partial charge is 0.320 e. The Balaban J connectivity index is 2.44. The molecule has 0 N–H and O–H groups in total. The summed E-state index contributed by atoms with van der Waals surface area (Å²) in [4.78, 5) is 52.1. The number of likely N-dealkylation sites (tertiary alicyclic amines) is 1. The third-order valence-electron chi connectivity index (χ3n) is 5.78. The summed E-state index contributed by atoms with van der Waals surface area (Å²) in [5.41, 5.74) is -1.41. The summed E-state index contributed by atoms with van der Waals surface area (Å²) in [6.07, 6.45) is -1.08. The third kappa shape index (κ3) is 6.82. The van der Waals surface area contributed by atoms with E-state index in [-0.39, 0.29) is 38.7 Å². The van der Waals surface area contributed by atoms with Crippen molar-refractivity contribution in [3.8, 4) is 0 Å². The first kappa shape index (κ1) is 29.3. The number of halogens is 4. The summed E-state index contributed by atoms with van der Waals surface area (Å²) in [6.45, 7) is 7.83. The van der Waals surface area contributed by atoms with Crippen molar-refractivity contribution in [2.24, 2.45) is 11.3 Å². The van der Waals surface area contributed by atoms with Crippen LogP contribution in [0.1, 0.15) is 65.4 Å². The molecule has 1 aliphatic rings. The average Bonchev–Trinajstić information content (AvgIpc) is 3.20. The molecule has 1 heterocycles. The van der Waals surface area contributed by atoms with Gasteiger partial charge in [-0.25, -0.2) is 17.6 Å². The summed E-state index contributed by atoms with van der Waals surface area (Å²) in [5, 5.41) is 0. The number of esters is 2. The van der Waals surface area contributed by atoms with E-state index in [2.05, 4.69) is 0 Å². The molecular formula is C25H31F4NO6. The highest BCUT2D eigenvalue weighted by Gasteiger charge is 2.45. The van der Waals surface area contributed by atoms with E-state index in [0.29, 0.717) is 0 Å². The van der Waals surface area contributed by atoms with Crippen LogP contribution >= 0.6 is 0 Å². The fourth-order valence-electron chi connectivity index (χ4n) is 4.22. The Morgan fingerprint density at radius 3 is 1.92 bits per heavy atom. The maximum Gasteiger partial charge on any atom is 0.320 e. The van der Waals surface area contributed by atoms with Gasteiger partial charge >= 0.3 is 11.9 Å². The number of rotatable bonds is 9. The molecule has 200 valence electrons. The Morgan fingerprint density at radius 1 is 0.972 bits per heavy atom. The molecule has 1 unspecified atom stereocenters. The van der Waals surface area contributed by atoms with Gasteiger partial charge in [-0.3, -0.25) is 19.2 Å². The summed E-state index contributed by atoms with van der Waals surface area (Å²) in [6, 6.07) is -1.21. The highest BCUT2D eigenvalue weighted by molar-refractivity contribution is 6.01. The van der Waals surface area contributed by atoms with E-state index in [4.69, 9.17) is 9.47 Å². The zero-order chi connectivity index (χ0) is 27.4. The van der Waals surface area contributed by atoms with Crippen LogP contribution in [0.25, 0.3) is 0 Å². The van der Waals surface area contributed by atoms with E-state index in [1.54, 1.807) is 20.8 Å². The quantitative estimate of drug-likeness (QED) is 0.212. The van der Waals surface area contributed by atoms with Gasteiger partial charge in [-0.15, -0.1) is 0 Å². The molecule has 0 aliphatic carbocycles. The number of Topliss-reactive ketones (excluding diaryl/α,β-unsaturated/α-hetero) is 1. The molecule has 1 aromatic carbocycles. The molecule has 1 fully saturated rings. The second kappa shape index (κ2) is 11.8. The topological polar surface area (TPSA) is 90.0 Å². The van der Waals surface area contributed by atoms with E-state index in [9.17, 15) is 36.7 Å². The van der Waals surface area contributed by atoms with E-state index >= 15 is 0 Å². The number of benzene rings is 1. The predicted molar refractivity (Wildman–Crippen MR) is 120 cm³/mol. The average molecular weight is 518 g/mol. The Kier molecular flexibility index (Phi) is 9.62. The van der Waals surface area contributed by atoms with Crippen LogP contribution in [0.2, 0.25) is 0 Å². The van der Waals surface area contributed by atoms with Crippen LogP contribution in [0.15, 0.2) is 6.07 Å². The number of hydrogen-bond acceptors (Lipinski definition) is 6. The highest BCUT2D eigenvalue weighted by atomic mass is 19.2. The van der Waals surface area contributed by atoms with Gasteiger partial charge < -0.3 is 14.4 Å². The van der Waals surface area contributed by atoms with Gasteiger partial charge in [-0.1, -0.05) is 20.8 Å². The van der Waals surface area contributed by atoms with Crippen molar-refractivity contribution in [2.75, 3.05) is 19.8 Å². The minimum Gasteiger partial charge on any atom is -0.465 e. The van der Waals surface area contributed by atoms with Gasteiger partial charge in [0.15, 0.2) is 35.0 Å². The zero-order valence-corrected chi connectivity index (χ0v) is 21.0. The van der Waals surface area contributed by atoms with Gasteiger partial charge in [0.05, 0.1) is 19.3 Å². The van der Waals surface area contributed by atoms with Crippen LogP contribution in [-0.4, -0.2) is 54.3 Å². The molecule has 1 saturated heterocycles. The molecule has 0 spiro atoms. The first-order valence-corrected chi connectivity index (χ1v) is 11.7. The summed E-state index contributed by atoms with van der Waals surface area (Å²) in [5.74, 6) is -12.5. The van der Waals surface area contributed by atoms with E-state index in [1.165, 1.54) is 13.8 Å². The molecular weight excluding hydrogens is 486 g/mol. The van der Waals surface area contributed by atoms with Crippen molar-refractivity contribution < 1.29 is 46.2 Å².